The Hall–Kier alpha value is -0.290. The molecule has 1 aliphatic heterocycles. The van der Waals surface area contributed by atoms with Crippen molar-refractivity contribution >= 4 is 28.3 Å². The fourth-order valence-corrected chi connectivity index (χ4v) is 2.48. The van der Waals surface area contributed by atoms with Gasteiger partial charge in [-0.1, -0.05) is 0 Å². The standard InChI is InChI=1S/C10H13IN2/c1-13-5-4-7-8(6-13)9(11)2-3-10(7)12/h2-3H,4-6,12H2,1H3. The van der Waals surface area contributed by atoms with Crippen molar-refractivity contribution < 1.29 is 0 Å². The quantitative estimate of drug-likeness (QED) is 0.583. The van der Waals surface area contributed by atoms with E-state index in [0.29, 0.717) is 0 Å². The maximum absolute atomic E-state index is 5.93. The van der Waals surface area contributed by atoms with Gasteiger partial charge in [0, 0.05) is 22.3 Å². The number of fused-ring (bicyclic) bond motifs is 1. The monoisotopic (exact) mass is 288 g/mol. The minimum absolute atomic E-state index is 0.962. The van der Waals surface area contributed by atoms with E-state index in [2.05, 4.69) is 40.6 Å². The summed E-state index contributed by atoms with van der Waals surface area (Å²) in [7, 11) is 2.15. The van der Waals surface area contributed by atoms with E-state index in [4.69, 9.17) is 5.73 Å². The minimum atomic E-state index is 0.962. The van der Waals surface area contributed by atoms with E-state index in [1.165, 1.54) is 14.7 Å². The largest absolute Gasteiger partial charge is 0.398 e. The Bertz CT molecular complexity index is 336. The third-order valence-electron chi connectivity index (χ3n) is 2.58. The molecule has 0 saturated carbocycles. The van der Waals surface area contributed by atoms with Crippen LogP contribution < -0.4 is 5.73 Å². The van der Waals surface area contributed by atoms with Crippen LogP contribution in [0.15, 0.2) is 12.1 Å². The van der Waals surface area contributed by atoms with E-state index >= 15 is 0 Å². The van der Waals surface area contributed by atoms with Crippen LogP contribution in [0.4, 0.5) is 5.69 Å². The Labute approximate surface area is 92.2 Å². The molecule has 0 aromatic heterocycles. The third-order valence-corrected chi connectivity index (χ3v) is 3.59. The highest BCUT2D eigenvalue weighted by Crippen LogP contribution is 2.27. The molecule has 1 heterocycles. The molecule has 2 rings (SSSR count). The first-order valence-corrected chi connectivity index (χ1v) is 5.50. The highest BCUT2D eigenvalue weighted by atomic mass is 127. The van der Waals surface area contributed by atoms with Gasteiger partial charge >= 0.3 is 0 Å². The van der Waals surface area contributed by atoms with Crippen molar-refractivity contribution in [1.82, 2.24) is 4.90 Å². The lowest BCUT2D eigenvalue weighted by molar-refractivity contribution is 0.312. The SMILES string of the molecule is CN1CCc2c(N)ccc(I)c2C1. The molecule has 3 heteroatoms. The van der Waals surface area contributed by atoms with Crippen molar-refractivity contribution in [3.8, 4) is 0 Å². The van der Waals surface area contributed by atoms with Crippen LogP contribution in [-0.2, 0) is 13.0 Å². The van der Waals surface area contributed by atoms with E-state index in [9.17, 15) is 0 Å². The van der Waals surface area contributed by atoms with Gasteiger partial charge in [0.05, 0.1) is 0 Å². The smallest absolute Gasteiger partial charge is 0.0351 e. The topological polar surface area (TPSA) is 29.3 Å². The summed E-state index contributed by atoms with van der Waals surface area (Å²) in [6.45, 7) is 2.16. The Morgan fingerprint density at radius 1 is 1.38 bits per heavy atom. The zero-order valence-corrected chi connectivity index (χ0v) is 9.84. The first kappa shape index (κ1) is 9.27. The number of hydrogen-bond donors (Lipinski definition) is 1. The normalized spacial score (nSPS) is 17.1. The minimum Gasteiger partial charge on any atom is -0.398 e. The predicted octanol–water partition coefficient (Wildman–Crippen LogP) is 1.86. The third kappa shape index (κ3) is 1.67. The maximum atomic E-state index is 5.93. The van der Waals surface area contributed by atoms with E-state index in [1.54, 1.807) is 0 Å². The molecule has 2 N–H and O–H groups in total. The first-order chi connectivity index (χ1) is 6.18. The molecule has 0 spiro atoms. The number of nitrogens with zero attached hydrogens (tertiary/aromatic N) is 1. The van der Waals surface area contributed by atoms with E-state index < -0.39 is 0 Å². The van der Waals surface area contributed by atoms with E-state index in [1.807, 2.05) is 6.07 Å². The number of anilines is 1. The fourth-order valence-electron chi connectivity index (χ4n) is 1.80. The fraction of sp³-hybridized carbons (Fsp3) is 0.400. The molecule has 0 atom stereocenters. The van der Waals surface area contributed by atoms with Gasteiger partial charge in [0.2, 0.25) is 0 Å². The molecule has 0 fully saturated rings. The van der Waals surface area contributed by atoms with Gasteiger partial charge in [0.25, 0.3) is 0 Å². The number of halogens is 1. The number of rotatable bonds is 0. The molecule has 0 radical (unpaired) electrons. The second kappa shape index (κ2) is 3.46. The average Bonchev–Trinajstić information content (AvgIpc) is 2.12. The maximum Gasteiger partial charge on any atom is 0.0351 e. The predicted molar refractivity (Wildman–Crippen MR) is 63.6 cm³/mol. The summed E-state index contributed by atoms with van der Waals surface area (Å²) in [4.78, 5) is 2.34. The van der Waals surface area contributed by atoms with Gasteiger partial charge in [0.1, 0.15) is 0 Å². The average molecular weight is 288 g/mol. The van der Waals surface area contributed by atoms with Crippen LogP contribution in [0, 0.1) is 3.57 Å². The van der Waals surface area contributed by atoms with Crippen LogP contribution in [0.2, 0.25) is 0 Å². The van der Waals surface area contributed by atoms with Crippen LogP contribution >= 0.6 is 22.6 Å². The van der Waals surface area contributed by atoms with Gasteiger partial charge in [-0.25, -0.2) is 0 Å². The van der Waals surface area contributed by atoms with E-state index in [-0.39, 0.29) is 0 Å². The molecule has 1 aromatic rings. The van der Waals surface area contributed by atoms with Crippen molar-refractivity contribution in [2.24, 2.45) is 0 Å². The summed E-state index contributed by atoms with van der Waals surface area (Å²) in [5, 5.41) is 0. The van der Waals surface area contributed by atoms with Gasteiger partial charge in [-0.3, -0.25) is 0 Å². The number of nitrogens with two attached hydrogens (primary N) is 1. The molecular weight excluding hydrogens is 275 g/mol. The second-order valence-electron chi connectivity index (χ2n) is 3.58. The summed E-state index contributed by atoms with van der Waals surface area (Å²) >= 11 is 2.39. The molecule has 2 nitrogen and oxygen atoms in total. The number of nitrogen functional groups attached to an aromatic ring is 1. The molecule has 0 unspecified atom stereocenters. The van der Waals surface area contributed by atoms with Gasteiger partial charge in [0.15, 0.2) is 0 Å². The zero-order valence-electron chi connectivity index (χ0n) is 7.68. The van der Waals surface area contributed by atoms with Crippen molar-refractivity contribution in [2.75, 3.05) is 19.3 Å². The van der Waals surface area contributed by atoms with Gasteiger partial charge in [-0.05, 0) is 59.3 Å². The number of likely N-dealkylation sites (N-methyl/N-ethyl adjacent to an activating group) is 1. The lowest BCUT2D eigenvalue weighted by Gasteiger charge is -2.26. The first-order valence-electron chi connectivity index (χ1n) is 4.43. The molecule has 0 bridgehead atoms. The summed E-state index contributed by atoms with van der Waals surface area (Å²) in [5.41, 5.74) is 9.69. The molecule has 0 saturated heterocycles. The van der Waals surface area contributed by atoms with Crippen molar-refractivity contribution in [2.45, 2.75) is 13.0 Å². The van der Waals surface area contributed by atoms with Crippen LogP contribution in [0.1, 0.15) is 11.1 Å². The number of hydrogen-bond acceptors (Lipinski definition) is 2. The Kier molecular flexibility index (Phi) is 2.47. The van der Waals surface area contributed by atoms with Crippen molar-refractivity contribution in [1.29, 1.82) is 0 Å². The Morgan fingerprint density at radius 2 is 2.15 bits per heavy atom. The summed E-state index contributed by atoms with van der Waals surface area (Å²) in [5.74, 6) is 0. The molecule has 1 aromatic carbocycles. The molecule has 1 aliphatic rings. The van der Waals surface area contributed by atoms with Gasteiger partial charge < -0.3 is 10.6 Å². The molecule has 70 valence electrons. The van der Waals surface area contributed by atoms with Crippen LogP contribution in [-0.4, -0.2) is 18.5 Å². The van der Waals surface area contributed by atoms with Crippen molar-refractivity contribution in [3.05, 3.63) is 26.8 Å². The summed E-state index contributed by atoms with van der Waals surface area (Å²) in [6.07, 6.45) is 1.09. The summed E-state index contributed by atoms with van der Waals surface area (Å²) in [6, 6.07) is 4.12. The lowest BCUT2D eigenvalue weighted by Crippen LogP contribution is -2.27. The van der Waals surface area contributed by atoms with Gasteiger partial charge in [-0.2, -0.15) is 0 Å². The lowest BCUT2D eigenvalue weighted by atomic mass is 9.98. The molecule has 0 amide bonds. The summed E-state index contributed by atoms with van der Waals surface area (Å²) < 4.78 is 1.34. The highest BCUT2D eigenvalue weighted by molar-refractivity contribution is 14.1. The Balaban J connectivity index is 2.51. The molecule has 13 heavy (non-hydrogen) atoms. The van der Waals surface area contributed by atoms with E-state index in [0.717, 1.165) is 25.2 Å². The van der Waals surface area contributed by atoms with Crippen molar-refractivity contribution in [3.63, 3.8) is 0 Å². The zero-order chi connectivity index (χ0) is 9.42. The molecule has 0 aliphatic carbocycles. The van der Waals surface area contributed by atoms with Crippen LogP contribution in [0.25, 0.3) is 0 Å². The number of benzene rings is 1. The van der Waals surface area contributed by atoms with Crippen LogP contribution in [0.5, 0.6) is 0 Å². The molecular formula is C10H13IN2. The van der Waals surface area contributed by atoms with Crippen LogP contribution in [0.3, 0.4) is 0 Å². The second-order valence-corrected chi connectivity index (χ2v) is 4.74. The highest BCUT2D eigenvalue weighted by Gasteiger charge is 2.17. The Morgan fingerprint density at radius 3 is 2.92 bits per heavy atom. The van der Waals surface area contributed by atoms with Gasteiger partial charge in [-0.15, -0.1) is 0 Å².